The standard InChI is InChI=1S/C10H15N3O4/c1-5-17-9(14)7-6(10(2,3)4)8(12-11-7)13(15)16/h5H2,1-4H3,(H,11,12). The van der Waals surface area contributed by atoms with Crippen LogP contribution < -0.4 is 0 Å². The molecule has 0 radical (unpaired) electrons. The molecule has 1 aromatic heterocycles. The van der Waals surface area contributed by atoms with Gasteiger partial charge in [0.15, 0.2) is 0 Å². The maximum Gasteiger partial charge on any atom is 0.361 e. The predicted octanol–water partition coefficient (Wildman–Crippen LogP) is 1.79. The second-order valence-corrected chi connectivity index (χ2v) is 4.52. The van der Waals surface area contributed by atoms with Crippen LogP contribution in [0.4, 0.5) is 5.82 Å². The molecule has 0 fully saturated rings. The van der Waals surface area contributed by atoms with Crippen LogP contribution in [0.1, 0.15) is 43.7 Å². The van der Waals surface area contributed by atoms with Gasteiger partial charge in [0.05, 0.1) is 12.2 Å². The maximum absolute atomic E-state index is 11.6. The van der Waals surface area contributed by atoms with E-state index in [4.69, 9.17) is 4.74 Å². The number of aromatic nitrogens is 2. The lowest BCUT2D eigenvalue weighted by molar-refractivity contribution is -0.390. The molecule has 94 valence electrons. The first kappa shape index (κ1) is 13.1. The van der Waals surface area contributed by atoms with Crippen LogP contribution in [0.3, 0.4) is 0 Å². The number of nitro groups is 1. The molecular weight excluding hydrogens is 226 g/mol. The van der Waals surface area contributed by atoms with Crippen molar-refractivity contribution >= 4 is 11.8 Å². The van der Waals surface area contributed by atoms with Gasteiger partial charge in [-0.1, -0.05) is 25.9 Å². The van der Waals surface area contributed by atoms with Crippen LogP contribution in [0.5, 0.6) is 0 Å². The first-order chi connectivity index (χ1) is 7.79. The fourth-order valence-corrected chi connectivity index (χ4v) is 1.52. The first-order valence-electron chi connectivity index (χ1n) is 5.19. The van der Waals surface area contributed by atoms with Crippen LogP contribution in [0.25, 0.3) is 0 Å². The molecule has 0 aliphatic rings. The topological polar surface area (TPSA) is 98.1 Å². The van der Waals surface area contributed by atoms with Crippen molar-refractivity contribution in [3.63, 3.8) is 0 Å². The second-order valence-electron chi connectivity index (χ2n) is 4.52. The van der Waals surface area contributed by atoms with E-state index in [0.29, 0.717) is 0 Å². The molecule has 0 bridgehead atoms. The van der Waals surface area contributed by atoms with Gasteiger partial charge < -0.3 is 14.9 Å². The van der Waals surface area contributed by atoms with Crippen LogP contribution in [0.2, 0.25) is 0 Å². The second kappa shape index (κ2) is 4.52. The van der Waals surface area contributed by atoms with Crippen molar-refractivity contribution in [2.45, 2.75) is 33.1 Å². The van der Waals surface area contributed by atoms with Crippen molar-refractivity contribution in [3.8, 4) is 0 Å². The Morgan fingerprint density at radius 3 is 2.53 bits per heavy atom. The Kier molecular flexibility index (Phi) is 3.50. The number of carbonyl (C=O) groups excluding carboxylic acids is 1. The lowest BCUT2D eigenvalue weighted by atomic mass is 9.86. The summed E-state index contributed by atoms with van der Waals surface area (Å²) >= 11 is 0. The summed E-state index contributed by atoms with van der Waals surface area (Å²) in [5.74, 6) is -0.915. The molecule has 0 aromatic carbocycles. The highest BCUT2D eigenvalue weighted by molar-refractivity contribution is 5.90. The molecule has 17 heavy (non-hydrogen) atoms. The van der Waals surface area contributed by atoms with Crippen molar-refractivity contribution in [1.82, 2.24) is 10.2 Å². The number of nitrogens with zero attached hydrogens (tertiary/aromatic N) is 2. The Morgan fingerprint density at radius 1 is 1.53 bits per heavy atom. The quantitative estimate of drug-likeness (QED) is 0.494. The summed E-state index contributed by atoms with van der Waals surface area (Å²) in [5, 5.41) is 16.8. The largest absolute Gasteiger partial charge is 0.461 e. The summed E-state index contributed by atoms with van der Waals surface area (Å²) in [6.07, 6.45) is 0. The van der Waals surface area contributed by atoms with Crippen molar-refractivity contribution in [1.29, 1.82) is 0 Å². The minimum Gasteiger partial charge on any atom is -0.461 e. The molecule has 0 saturated carbocycles. The van der Waals surface area contributed by atoms with Gasteiger partial charge in [0.2, 0.25) is 5.69 Å². The van der Waals surface area contributed by atoms with Gasteiger partial charge in [0, 0.05) is 0 Å². The molecule has 0 amide bonds. The van der Waals surface area contributed by atoms with Gasteiger partial charge in [0.25, 0.3) is 0 Å². The van der Waals surface area contributed by atoms with E-state index in [1.165, 1.54) is 0 Å². The lowest BCUT2D eigenvalue weighted by Crippen LogP contribution is -2.18. The van der Waals surface area contributed by atoms with E-state index in [0.717, 1.165) is 0 Å². The van der Waals surface area contributed by atoms with Crippen molar-refractivity contribution in [2.24, 2.45) is 0 Å². The Labute approximate surface area is 98.3 Å². The summed E-state index contributed by atoms with van der Waals surface area (Å²) in [7, 11) is 0. The van der Waals surface area contributed by atoms with E-state index in [2.05, 4.69) is 10.2 Å². The van der Waals surface area contributed by atoms with Crippen LogP contribution in [0, 0.1) is 10.1 Å². The third kappa shape index (κ3) is 2.61. The number of carbonyl (C=O) groups is 1. The molecule has 1 aromatic rings. The Hall–Kier alpha value is -1.92. The number of esters is 1. The van der Waals surface area contributed by atoms with Crippen molar-refractivity contribution in [3.05, 3.63) is 21.4 Å². The number of hydrogen-bond donors (Lipinski definition) is 1. The molecule has 0 atom stereocenters. The highest BCUT2D eigenvalue weighted by Gasteiger charge is 2.35. The summed E-state index contributed by atoms with van der Waals surface area (Å²) in [5.41, 5.74) is -0.329. The Morgan fingerprint density at radius 2 is 2.12 bits per heavy atom. The SMILES string of the molecule is CCOC(=O)c1n[nH]c([N+](=O)[O-])c1C(C)(C)C. The van der Waals surface area contributed by atoms with Crippen LogP contribution in [0.15, 0.2) is 0 Å². The normalized spacial score (nSPS) is 11.3. The average molecular weight is 241 g/mol. The van der Waals surface area contributed by atoms with Gasteiger partial charge >= 0.3 is 11.8 Å². The number of hydrogen-bond acceptors (Lipinski definition) is 5. The van der Waals surface area contributed by atoms with Gasteiger partial charge in [-0.25, -0.2) is 4.79 Å². The van der Waals surface area contributed by atoms with Crippen LogP contribution in [-0.4, -0.2) is 27.7 Å². The van der Waals surface area contributed by atoms with E-state index in [9.17, 15) is 14.9 Å². The molecule has 0 saturated heterocycles. The summed E-state index contributed by atoms with van der Waals surface area (Å²) in [6.45, 7) is 7.17. The highest BCUT2D eigenvalue weighted by atomic mass is 16.6. The molecule has 0 unspecified atom stereocenters. The van der Waals surface area contributed by atoms with E-state index in [1.807, 2.05) is 0 Å². The Bertz CT molecular complexity index is 445. The lowest BCUT2D eigenvalue weighted by Gasteiger charge is -2.16. The van der Waals surface area contributed by atoms with E-state index < -0.39 is 16.3 Å². The van der Waals surface area contributed by atoms with E-state index in [-0.39, 0.29) is 23.7 Å². The first-order valence-corrected chi connectivity index (χ1v) is 5.19. The number of aromatic amines is 1. The fourth-order valence-electron chi connectivity index (χ4n) is 1.52. The molecule has 0 spiro atoms. The average Bonchev–Trinajstić information content (AvgIpc) is 2.61. The molecular formula is C10H15N3O4. The maximum atomic E-state index is 11.6. The smallest absolute Gasteiger partial charge is 0.361 e. The predicted molar refractivity (Wildman–Crippen MR) is 59.9 cm³/mol. The highest BCUT2D eigenvalue weighted by Crippen LogP contribution is 2.32. The van der Waals surface area contributed by atoms with Gasteiger partial charge in [-0.3, -0.25) is 0 Å². The minimum absolute atomic E-state index is 0.0222. The third-order valence-corrected chi connectivity index (χ3v) is 2.15. The number of ether oxygens (including phenoxy) is 1. The van der Waals surface area contributed by atoms with Crippen molar-refractivity contribution in [2.75, 3.05) is 6.61 Å². The van der Waals surface area contributed by atoms with Crippen LogP contribution in [-0.2, 0) is 10.2 Å². The molecule has 0 aliphatic carbocycles. The summed E-state index contributed by atoms with van der Waals surface area (Å²) < 4.78 is 4.81. The zero-order valence-electron chi connectivity index (χ0n) is 10.2. The molecule has 7 heteroatoms. The van der Waals surface area contributed by atoms with Gasteiger partial charge in [-0.2, -0.15) is 0 Å². The van der Waals surface area contributed by atoms with Crippen molar-refractivity contribution < 1.29 is 14.5 Å². The van der Waals surface area contributed by atoms with E-state index in [1.54, 1.807) is 27.7 Å². The fraction of sp³-hybridized carbons (Fsp3) is 0.600. The van der Waals surface area contributed by atoms with Gasteiger partial charge in [-0.05, 0) is 17.3 Å². The summed E-state index contributed by atoms with van der Waals surface area (Å²) in [4.78, 5) is 21.9. The number of rotatable bonds is 3. The summed E-state index contributed by atoms with van der Waals surface area (Å²) in [6, 6.07) is 0. The molecule has 0 aliphatic heterocycles. The monoisotopic (exact) mass is 241 g/mol. The molecule has 7 nitrogen and oxygen atoms in total. The molecule has 1 N–H and O–H groups in total. The number of nitrogens with one attached hydrogen (secondary N) is 1. The molecule has 1 rings (SSSR count). The Balaban J connectivity index is 3.33. The molecule has 1 heterocycles. The zero-order valence-corrected chi connectivity index (χ0v) is 10.2. The number of H-pyrrole nitrogens is 1. The van der Waals surface area contributed by atoms with Gasteiger partial charge in [0.1, 0.15) is 0 Å². The minimum atomic E-state index is -0.651. The zero-order chi connectivity index (χ0) is 13.2. The van der Waals surface area contributed by atoms with Crippen LogP contribution >= 0.6 is 0 Å². The van der Waals surface area contributed by atoms with E-state index >= 15 is 0 Å². The van der Waals surface area contributed by atoms with Gasteiger partial charge in [-0.15, -0.1) is 5.10 Å². The third-order valence-electron chi connectivity index (χ3n) is 2.15.